The van der Waals surface area contributed by atoms with Gasteiger partial charge in [0.25, 0.3) is 0 Å². The van der Waals surface area contributed by atoms with Crippen LogP contribution >= 0.6 is 0 Å². The first kappa shape index (κ1) is 47.1. The maximum absolute atomic E-state index is 14.3. The van der Waals surface area contributed by atoms with E-state index in [9.17, 15) is 22.8 Å². The van der Waals surface area contributed by atoms with Gasteiger partial charge < -0.3 is 29.9 Å². The maximum atomic E-state index is 14.3. The van der Waals surface area contributed by atoms with E-state index in [1.165, 1.54) is 7.11 Å². The quantitative estimate of drug-likeness (QED) is 0.0668. The molecule has 1 saturated heterocycles. The summed E-state index contributed by atoms with van der Waals surface area (Å²) < 4.78 is 39.0. The summed E-state index contributed by atoms with van der Waals surface area (Å²) in [5, 5.41) is 8.22. The molecule has 2 heterocycles. The molecule has 1 aromatic heterocycles. The highest BCUT2D eigenvalue weighted by molar-refractivity contribution is 7.92. The molecule has 3 amide bonds. The molecule has 1 aliphatic rings. The molecule has 0 spiro atoms. The van der Waals surface area contributed by atoms with E-state index in [0.717, 1.165) is 17.7 Å². The normalized spacial score (nSPS) is 18.1. The summed E-state index contributed by atoms with van der Waals surface area (Å²) in [6.45, 7) is 12.0. The summed E-state index contributed by atoms with van der Waals surface area (Å²) in [7, 11) is 0.928. The Bertz CT molecular complexity index is 1760. The van der Waals surface area contributed by atoms with Crippen molar-refractivity contribution in [1.29, 1.82) is 0 Å². The molecule has 0 radical (unpaired) electrons. The van der Waals surface area contributed by atoms with E-state index < -0.39 is 57.4 Å². The van der Waals surface area contributed by atoms with E-state index in [2.05, 4.69) is 30.6 Å². The predicted octanol–water partition coefficient (Wildman–Crippen LogP) is 4.94. The lowest BCUT2D eigenvalue weighted by Gasteiger charge is -2.40. The molecule has 1 aromatic carbocycles. The van der Waals surface area contributed by atoms with Crippen LogP contribution in [0.3, 0.4) is 0 Å². The average molecular weight is 814 g/mol. The van der Waals surface area contributed by atoms with Crippen molar-refractivity contribution in [2.45, 2.75) is 116 Å². The number of amides is 3. The van der Waals surface area contributed by atoms with Crippen LogP contribution in [0.1, 0.15) is 78.0 Å². The molecule has 1 aliphatic heterocycles. The molecule has 8 atom stereocenters. The van der Waals surface area contributed by atoms with Crippen LogP contribution in [0.5, 0.6) is 0 Å². The topological polar surface area (TPSA) is 209 Å². The molecule has 2 N–H and O–H groups in total. The minimum absolute atomic E-state index is 0.00928. The summed E-state index contributed by atoms with van der Waals surface area (Å²) in [6.07, 6.45) is 2.42. The molecule has 2 aromatic rings. The number of sulfone groups is 1. The number of azide groups is 1. The van der Waals surface area contributed by atoms with Crippen molar-refractivity contribution in [3.8, 4) is 0 Å². The lowest BCUT2D eigenvalue weighted by atomic mass is 9.89. The second kappa shape index (κ2) is 22.6. The summed E-state index contributed by atoms with van der Waals surface area (Å²) in [5.41, 5.74) is 10.1. The lowest BCUT2D eigenvalue weighted by Crippen LogP contribution is -2.56. The third-order valence-electron chi connectivity index (χ3n) is 11.0. The lowest BCUT2D eigenvalue weighted by molar-refractivity contribution is -0.146. The molecule has 3 rings (SSSR count). The zero-order chi connectivity index (χ0) is 42.3. The van der Waals surface area contributed by atoms with E-state index in [1.54, 1.807) is 67.4 Å². The zero-order valence-electron chi connectivity index (χ0n) is 35.0. The van der Waals surface area contributed by atoms with Gasteiger partial charge in [0.15, 0.2) is 9.84 Å². The molecular weight excluding hydrogens is 751 g/mol. The highest BCUT2D eigenvalue weighted by Crippen LogP contribution is 2.30. The largest absolute Gasteiger partial charge is 0.379 e. The van der Waals surface area contributed by atoms with Crippen LogP contribution in [0.4, 0.5) is 5.95 Å². The molecule has 0 bridgehead atoms. The van der Waals surface area contributed by atoms with Crippen molar-refractivity contribution in [1.82, 2.24) is 25.1 Å². The maximum Gasteiger partial charge on any atom is 0.245 e. The van der Waals surface area contributed by atoms with Crippen LogP contribution < -0.4 is 10.6 Å². The number of ether oxygens (including phenoxy) is 2. The first-order valence-electron chi connectivity index (χ1n) is 19.8. The number of likely N-dealkylation sites (N-methyl/N-ethyl adjacent to an activating group) is 1. The van der Waals surface area contributed by atoms with E-state index in [1.807, 2.05) is 40.7 Å². The van der Waals surface area contributed by atoms with Crippen LogP contribution in [0.15, 0.2) is 47.7 Å². The fraction of sp³-hybridized carbons (Fsp3) is 0.675. The van der Waals surface area contributed by atoms with Gasteiger partial charge in [0, 0.05) is 57.6 Å². The van der Waals surface area contributed by atoms with Gasteiger partial charge in [-0.1, -0.05) is 76.5 Å². The summed E-state index contributed by atoms with van der Waals surface area (Å²) in [5.74, 6) is -1.73. The van der Waals surface area contributed by atoms with E-state index in [4.69, 9.17) is 15.0 Å². The Morgan fingerprint density at radius 3 is 2.40 bits per heavy atom. The molecule has 316 valence electrons. The Morgan fingerprint density at radius 2 is 1.81 bits per heavy atom. The number of nitrogens with zero attached hydrogens (tertiary/aromatic N) is 7. The second-order valence-electron chi connectivity index (χ2n) is 15.3. The monoisotopic (exact) mass is 813 g/mol. The minimum atomic E-state index is -3.85. The molecule has 0 aliphatic carbocycles. The Hall–Kier alpha value is -4.31. The first-order valence-corrected chi connectivity index (χ1v) is 21.6. The average Bonchev–Trinajstić information content (AvgIpc) is 3.68. The van der Waals surface area contributed by atoms with Gasteiger partial charge in [-0.3, -0.25) is 14.4 Å². The number of anilines is 1. The van der Waals surface area contributed by atoms with Gasteiger partial charge in [-0.2, -0.15) is 0 Å². The van der Waals surface area contributed by atoms with Gasteiger partial charge in [0.1, 0.15) is 11.4 Å². The number of nitrogens with one attached hydrogen (secondary N) is 2. The fourth-order valence-electron chi connectivity index (χ4n) is 7.61. The van der Waals surface area contributed by atoms with Gasteiger partial charge in [0.2, 0.25) is 23.7 Å². The van der Waals surface area contributed by atoms with Crippen molar-refractivity contribution in [2.75, 3.05) is 45.4 Å². The first-order chi connectivity index (χ1) is 27.1. The third-order valence-corrected chi connectivity index (χ3v) is 13.0. The van der Waals surface area contributed by atoms with Crippen molar-refractivity contribution < 1.29 is 32.3 Å². The summed E-state index contributed by atoms with van der Waals surface area (Å²) in [6, 6.07) is 9.27. The molecule has 0 unspecified atom stereocenters. The fourth-order valence-corrected chi connectivity index (χ4v) is 9.16. The molecule has 1 fully saturated rings. The van der Waals surface area contributed by atoms with Gasteiger partial charge in [-0.05, 0) is 55.2 Å². The summed E-state index contributed by atoms with van der Waals surface area (Å²) in [4.78, 5) is 57.2. The van der Waals surface area contributed by atoms with Gasteiger partial charge in [-0.15, -0.1) is 0 Å². The zero-order valence-corrected chi connectivity index (χ0v) is 35.8. The minimum Gasteiger partial charge on any atom is -0.379 e. The van der Waals surface area contributed by atoms with E-state index >= 15 is 0 Å². The van der Waals surface area contributed by atoms with Crippen molar-refractivity contribution in [2.24, 2.45) is 22.9 Å². The van der Waals surface area contributed by atoms with Crippen LogP contribution in [-0.2, 0) is 40.1 Å². The Morgan fingerprint density at radius 1 is 1.11 bits per heavy atom. The predicted molar refractivity (Wildman–Crippen MR) is 220 cm³/mol. The van der Waals surface area contributed by atoms with Crippen molar-refractivity contribution in [3.63, 3.8) is 0 Å². The van der Waals surface area contributed by atoms with Crippen LogP contribution in [0.2, 0.25) is 0 Å². The molecule has 16 nitrogen and oxygen atoms in total. The van der Waals surface area contributed by atoms with Gasteiger partial charge >= 0.3 is 0 Å². The number of likely N-dealkylation sites (tertiary alicyclic amines) is 1. The third kappa shape index (κ3) is 13.1. The molecular formula is C40H63N9O7S. The van der Waals surface area contributed by atoms with Crippen LogP contribution in [0, 0.1) is 24.7 Å². The van der Waals surface area contributed by atoms with Crippen molar-refractivity contribution in [3.05, 3.63) is 64.3 Å². The number of hydrogen-bond donors (Lipinski definition) is 2. The number of methoxy groups -OCH3 is 2. The van der Waals surface area contributed by atoms with Crippen molar-refractivity contribution >= 4 is 33.5 Å². The number of aryl methyl sites for hydroxylation is 1. The van der Waals surface area contributed by atoms with Crippen LogP contribution in [-0.4, -0.2) is 122 Å². The molecule has 0 saturated carbocycles. The van der Waals surface area contributed by atoms with Gasteiger partial charge in [0.05, 0.1) is 42.4 Å². The Kier molecular flexibility index (Phi) is 18.6. The highest BCUT2D eigenvalue weighted by Gasteiger charge is 2.43. The van der Waals surface area contributed by atoms with Gasteiger partial charge in [-0.25, -0.2) is 18.4 Å². The number of aromatic nitrogens is 2. The number of benzene rings is 1. The van der Waals surface area contributed by atoms with E-state index in [-0.39, 0.29) is 55.2 Å². The number of carbonyl (C=O) groups excluding carboxylic acids is 3. The summed E-state index contributed by atoms with van der Waals surface area (Å²) >= 11 is 0. The smallest absolute Gasteiger partial charge is 0.245 e. The van der Waals surface area contributed by atoms with Crippen LogP contribution in [0.25, 0.3) is 10.4 Å². The number of carbonyl (C=O) groups is 3. The number of hydrogen-bond acceptors (Lipinski definition) is 11. The highest BCUT2D eigenvalue weighted by atomic mass is 32.2. The van der Waals surface area contributed by atoms with E-state index in [0.29, 0.717) is 25.3 Å². The molecule has 57 heavy (non-hydrogen) atoms. The Labute approximate surface area is 338 Å². The molecule has 17 heteroatoms. The SMILES string of the molecule is CC[C@H](C)[C@@H]([C@@H](CC(=O)N1CCC[C@H]1[C@H](OC)[C@@H](C)C(=O)N[C@@H](Cc1ccccc1)S(=O)(=O)CCCN=[N+]=[N-])OC)N(C)C(=O)[C@@H](Nc1nccc(C)n1)C(C)C. The standard InChI is InChI=1S/C40H63N9O7S/c1-10-27(4)36(48(7)39(52)35(26(2)3)46-40-42-21-19-28(5)44-40)32(55-8)25-34(50)49-22-14-18-31(49)37(56-9)29(6)38(51)45-33(24-30-16-12-11-13-17-30)57(53,54)23-15-20-43-47-41/h11-13,16-17,19,21,26-27,29,31-33,35-37H,10,14-15,18,20,22-25H2,1-9H3,(H,45,51)(H,42,44,46)/t27-,29+,31-,32+,33+,35-,36-,37+/m0/s1. The number of rotatable bonds is 23. The second-order valence-corrected chi connectivity index (χ2v) is 17.6. The Balaban J connectivity index is 1.81.